The third-order valence-electron chi connectivity index (χ3n) is 2.46. The van der Waals surface area contributed by atoms with E-state index in [4.69, 9.17) is 20.5 Å². The summed E-state index contributed by atoms with van der Waals surface area (Å²) in [6.07, 6.45) is -0.731. The molecule has 0 aliphatic rings. The number of amides is 1. The van der Waals surface area contributed by atoms with Crippen LogP contribution in [0.2, 0.25) is 0 Å². The van der Waals surface area contributed by atoms with E-state index in [0.717, 1.165) is 6.07 Å². The van der Waals surface area contributed by atoms with Crippen molar-refractivity contribution >= 4 is 17.5 Å². The van der Waals surface area contributed by atoms with Gasteiger partial charge in [0.2, 0.25) is 0 Å². The Balaban J connectivity index is 3.06. The lowest BCUT2D eigenvalue weighted by molar-refractivity contribution is 0.0636. The molecule has 0 fully saturated rings. The number of ether oxygens (including phenoxy) is 1. The molecule has 0 atom stereocenters. The largest absolute Gasteiger partial charge is 0.444 e. The van der Waals surface area contributed by atoms with E-state index in [-0.39, 0.29) is 11.4 Å². The highest BCUT2D eigenvalue weighted by atomic mass is 19.1. The second-order valence-electron chi connectivity index (χ2n) is 5.53. The van der Waals surface area contributed by atoms with Crippen molar-refractivity contribution in [2.75, 3.05) is 10.6 Å². The third kappa shape index (κ3) is 5.32. The molecule has 0 heterocycles. The van der Waals surface area contributed by atoms with Crippen LogP contribution in [0, 0.1) is 39.8 Å². The fraction of sp³-hybridized carbons (Fsp3) is 0.250. The Bertz CT molecular complexity index is 788. The van der Waals surface area contributed by atoms with Gasteiger partial charge in [0, 0.05) is 5.69 Å². The first-order valence-corrected chi connectivity index (χ1v) is 6.71. The summed E-state index contributed by atoms with van der Waals surface area (Å²) in [4.78, 5) is 11.7. The molecule has 1 amide bonds. The van der Waals surface area contributed by atoms with Crippen LogP contribution in [0.1, 0.15) is 20.8 Å². The third-order valence-corrected chi connectivity index (χ3v) is 2.46. The second-order valence-corrected chi connectivity index (χ2v) is 5.53. The zero-order chi connectivity index (χ0) is 18.3. The molecule has 2 N–H and O–H groups in total. The minimum Gasteiger partial charge on any atom is -0.444 e. The summed E-state index contributed by atoms with van der Waals surface area (Å²) in [7, 11) is 0. The molecular formula is C16H14FN5O2. The van der Waals surface area contributed by atoms with Gasteiger partial charge in [-0.25, -0.2) is 9.18 Å². The van der Waals surface area contributed by atoms with E-state index in [1.165, 1.54) is 24.3 Å². The van der Waals surface area contributed by atoms with Gasteiger partial charge in [-0.2, -0.15) is 15.8 Å². The topological polar surface area (TPSA) is 122 Å². The SMILES string of the molecule is CC(C)(C)OC(=O)Nc1ccc(F)c(NC(C#N)=C(C#N)C#N)c1. The predicted octanol–water partition coefficient (Wildman–Crippen LogP) is 3.41. The van der Waals surface area contributed by atoms with Gasteiger partial charge in [-0.15, -0.1) is 0 Å². The quantitative estimate of drug-likeness (QED) is 0.820. The van der Waals surface area contributed by atoms with Crippen LogP contribution >= 0.6 is 0 Å². The lowest BCUT2D eigenvalue weighted by Crippen LogP contribution is -2.27. The monoisotopic (exact) mass is 327 g/mol. The van der Waals surface area contributed by atoms with Gasteiger partial charge in [-0.05, 0) is 39.0 Å². The molecule has 0 saturated carbocycles. The van der Waals surface area contributed by atoms with Crippen molar-refractivity contribution < 1.29 is 13.9 Å². The van der Waals surface area contributed by atoms with Crippen LogP contribution in [0.15, 0.2) is 29.5 Å². The number of nitrogens with one attached hydrogen (secondary N) is 2. The van der Waals surface area contributed by atoms with Crippen LogP contribution in [-0.2, 0) is 4.74 Å². The highest BCUT2D eigenvalue weighted by molar-refractivity contribution is 5.85. The summed E-state index contributed by atoms with van der Waals surface area (Å²) in [5.41, 5.74) is -1.55. The molecule has 0 spiro atoms. The lowest BCUT2D eigenvalue weighted by atomic mass is 10.2. The molecule has 24 heavy (non-hydrogen) atoms. The molecular weight excluding hydrogens is 313 g/mol. The Labute approximate surface area is 138 Å². The van der Waals surface area contributed by atoms with Crippen molar-refractivity contribution in [3.8, 4) is 18.2 Å². The average Bonchev–Trinajstić information content (AvgIpc) is 2.48. The van der Waals surface area contributed by atoms with E-state index in [1.807, 2.05) is 0 Å². The molecule has 0 aliphatic heterocycles. The van der Waals surface area contributed by atoms with E-state index in [2.05, 4.69) is 10.6 Å². The Morgan fingerprint density at radius 1 is 1.12 bits per heavy atom. The Morgan fingerprint density at radius 2 is 1.75 bits per heavy atom. The molecule has 1 aromatic rings. The van der Waals surface area contributed by atoms with Crippen molar-refractivity contribution in [2.24, 2.45) is 0 Å². The van der Waals surface area contributed by atoms with E-state index < -0.39 is 28.8 Å². The van der Waals surface area contributed by atoms with E-state index in [9.17, 15) is 9.18 Å². The molecule has 0 aromatic heterocycles. The first kappa shape index (κ1) is 18.5. The van der Waals surface area contributed by atoms with Gasteiger partial charge in [-0.3, -0.25) is 5.32 Å². The molecule has 0 bridgehead atoms. The second kappa shape index (κ2) is 7.62. The number of allylic oxidation sites excluding steroid dienone is 2. The molecule has 0 aliphatic carbocycles. The number of halogens is 1. The maximum Gasteiger partial charge on any atom is 0.412 e. The van der Waals surface area contributed by atoms with Gasteiger partial charge >= 0.3 is 6.09 Å². The first-order chi connectivity index (χ1) is 11.2. The molecule has 1 aromatic carbocycles. The smallest absolute Gasteiger partial charge is 0.412 e. The summed E-state index contributed by atoms with van der Waals surface area (Å²) in [5, 5.41) is 31.3. The number of carbonyl (C=O) groups excluding carboxylic acids is 1. The van der Waals surface area contributed by atoms with E-state index in [0.29, 0.717) is 0 Å². The molecule has 0 saturated heterocycles. The van der Waals surface area contributed by atoms with Gasteiger partial charge in [0.1, 0.15) is 35.3 Å². The van der Waals surface area contributed by atoms with Gasteiger partial charge in [-0.1, -0.05) is 0 Å². The van der Waals surface area contributed by atoms with Gasteiger partial charge in [0.15, 0.2) is 5.57 Å². The Kier molecular flexibility index (Phi) is 5.87. The summed E-state index contributed by atoms with van der Waals surface area (Å²) in [6.45, 7) is 5.08. The molecule has 7 nitrogen and oxygen atoms in total. The number of anilines is 2. The Morgan fingerprint density at radius 3 is 2.25 bits per heavy atom. The number of carbonyl (C=O) groups is 1. The van der Waals surface area contributed by atoms with Crippen LogP contribution < -0.4 is 10.6 Å². The number of nitriles is 3. The average molecular weight is 327 g/mol. The minimum absolute atomic E-state index is 0.178. The van der Waals surface area contributed by atoms with Crippen molar-refractivity contribution in [1.82, 2.24) is 0 Å². The highest BCUT2D eigenvalue weighted by Gasteiger charge is 2.17. The number of hydrogen-bond acceptors (Lipinski definition) is 6. The number of benzene rings is 1. The maximum atomic E-state index is 13.8. The van der Waals surface area contributed by atoms with Gasteiger partial charge in [0.05, 0.1) is 5.69 Å². The molecule has 0 unspecified atom stereocenters. The summed E-state index contributed by atoms with van der Waals surface area (Å²) >= 11 is 0. The minimum atomic E-state index is -0.731. The lowest BCUT2D eigenvalue weighted by Gasteiger charge is -2.20. The zero-order valence-corrected chi connectivity index (χ0v) is 13.3. The fourth-order valence-corrected chi connectivity index (χ4v) is 1.54. The van der Waals surface area contributed by atoms with Crippen LogP contribution in [0.3, 0.4) is 0 Å². The maximum absolute atomic E-state index is 13.8. The molecule has 1 rings (SSSR count). The van der Waals surface area contributed by atoms with Crippen molar-refractivity contribution in [1.29, 1.82) is 15.8 Å². The van der Waals surface area contributed by atoms with Crippen molar-refractivity contribution in [2.45, 2.75) is 26.4 Å². The van der Waals surface area contributed by atoms with E-state index in [1.54, 1.807) is 26.8 Å². The summed E-state index contributed by atoms with van der Waals surface area (Å²) < 4.78 is 18.9. The van der Waals surface area contributed by atoms with Crippen LogP contribution in [0.4, 0.5) is 20.6 Å². The number of rotatable bonds is 3. The fourth-order valence-electron chi connectivity index (χ4n) is 1.54. The predicted molar refractivity (Wildman–Crippen MR) is 83.7 cm³/mol. The normalized spacial score (nSPS) is 9.71. The van der Waals surface area contributed by atoms with Crippen LogP contribution in [0.25, 0.3) is 0 Å². The molecule has 122 valence electrons. The zero-order valence-electron chi connectivity index (χ0n) is 13.3. The van der Waals surface area contributed by atoms with Crippen molar-refractivity contribution in [3.63, 3.8) is 0 Å². The number of hydrogen-bond donors (Lipinski definition) is 2. The van der Waals surface area contributed by atoms with Crippen LogP contribution in [-0.4, -0.2) is 11.7 Å². The molecule has 0 radical (unpaired) electrons. The summed E-state index contributed by atoms with van der Waals surface area (Å²) in [5.74, 6) is -0.729. The van der Waals surface area contributed by atoms with Crippen LogP contribution in [0.5, 0.6) is 0 Å². The highest BCUT2D eigenvalue weighted by Crippen LogP contribution is 2.22. The first-order valence-electron chi connectivity index (χ1n) is 6.71. The molecule has 8 heteroatoms. The van der Waals surface area contributed by atoms with E-state index >= 15 is 0 Å². The number of nitrogens with zero attached hydrogens (tertiary/aromatic N) is 3. The summed E-state index contributed by atoms with van der Waals surface area (Å²) in [6, 6.07) is 8.26. The van der Waals surface area contributed by atoms with Crippen molar-refractivity contribution in [3.05, 3.63) is 35.3 Å². The standard InChI is InChI=1S/C16H14FN5O2/c1-16(2,3)24-15(23)21-11-4-5-12(17)13(6-11)22-14(9-20)10(7-18)8-19/h4-6,22H,1-3H3,(H,21,23). The van der Waals surface area contributed by atoms with Gasteiger partial charge < -0.3 is 10.1 Å². The van der Waals surface area contributed by atoms with Gasteiger partial charge in [0.25, 0.3) is 0 Å². The Hall–Kier alpha value is -3.57.